The van der Waals surface area contributed by atoms with Crippen molar-refractivity contribution < 1.29 is 4.79 Å². The van der Waals surface area contributed by atoms with E-state index in [1.807, 2.05) is 13.8 Å². The van der Waals surface area contributed by atoms with Crippen molar-refractivity contribution in [3.63, 3.8) is 0 Å². The molecule has 1 amide bonds. The predicted molar refractivity (Wildman–Crippen MR) is 82.4 cm³/mol. The summed E-state index contributed by atoms with van der Waals surface area (Å²) in [4.78, 5) is 16.4. The largest absolute Gasteiger partial charge is 0.398 e. The summed E-state index contributed by atoms with van der Waals surface area (Å²) in [6, 6.07) is 4.66. The third-order valence-electron chi connectivity index (χ3n) is 2.99. The summed E-state index contributed by atoms with van der Waals surface area (Å²) in [7, 11) is 0. The molecule has 1 aromatic heterocycles. The number of nitrogen functional groups attached to an aromatic ring is 1. The van der Waals surface area contributed by atoms with Crippen LogP contribution in [0.2, 0.25) is 5.02 Å². The van der Waals surface area contributed by atoms with Crippen molar-refractivity contribution in [2.75, 3.05) is 11.1 Å². The topological polar surface area (TPSA) is 93.8 Å². The van der Waals surface area contributed by atoms with Gasteiger partial charge in [0.1, 0.15) is 0 Å². The molecular weight excluding hydrogens is 290 g/mol. The standard InChI is InChI=1S/C14H16ClN5O/c1-3-11-12(4-2)19-20-14(17-11)18-13(21)8-5-6-9(15)10(16)7-8/h5-7H,3-4,16H2,1-2H3,(H,17,18,20,21). The maximum atomic E-state index is 12.1. The lowest BCUT2D eigenvalue weighted by Crippen LogP contribution is -2.16. The van der Waals surface area contributed by atoms with Crippen LogP contribution in [0, 0.1) is 0 Å². The number of aromatic nitrogens is 3. The summed E-state index contributed by atoms with van der Waals surface area (Å²) in [5.41, 5.74) is 8.08. The monoisotopic (exact) mass is 305 g/mol. The zero-order chi connectivity index (χ0) is 15.4. The van der Waals surface area contributed by atoms with Crippen LogP contribution in [-0.2, 0) is 12.8 Å². The fourth-order valence-corrected chi connectivity index (χ4v) is 1.97. The van der Waals surface area contributed by atoms with Gasteiger partial charge in [0, 0.05) is 5.56 Å². The van der Waals surface area contributed by atoms with Gasteiger partial charge in [0.05, 0.1) is 22.1 Å². The second-order valence-corrected chi connectivity index (χ2v) is 4.83. The Hall–Kier alpha value is -2.21. The molecule has 2 rings (SSSR count). The maximum Gasteiger partial charge on any atom is 0.258 e. The molecule has 0 bridgehead atoms. The third-order valence-corrected chi connectivity index (χ3v) is 3.34. The van der Waals surface area contributed by atoms with Crippen LogP contribution in [0.1, 0.15) is 35.6 Å². The van der Waals surface area contributed by atoms with E-state index in [9.17, 15) is 4.79 Å². The second kappa shape index (κ2) is 6.49. The van der Waals surface area contributed by atoms with E-state index in [2.05, 4.69) is 20.5 Å². The predicted octanol–water partition coefficient (Wildman–Crippen LogP) is 2.48. The summed E-state index contributed by atoms with van der Waals surface area (Å²) < 4.78 is 0. The first-order valence-corrected chi connectivity index (χ1v) is 7.01. The Morgan fingerprint density at radius 2 is 1.95 bits per heavy atom. The molecule has 3 N–H and O–H groups in total. The van der Waals surface area contributed by atoms with Crippen molar-refractivity contribution >= 4 is 29.1 Å². The molecule has 110 valence electrons. The van der Waals surface area contributed by atoms with Crippen molar-refractivity contribution in [1.82, 2.24) is 15.2 Å². The number of nitrogens with zero attached hydrogens (tertiary/aromatic N) is 3. The van der Waals surface area contributed by atoms with Gasteiger partial charge in [-0.1, -0.05) is 25.4 Å². The number of aryl methyl sites for hydroxylation is 2. The summed E-state index contributed by atoms with van der Waals surface area (Å²) in [5, 5.41) is 11.0. The van der Waals surface area contributed by atoms with Crippen molar-refractivity contribution in [1.29, 1.82) is 0 Å². The Kier molecular flexibility index (Phi) is 4.70. The SMILES string of the molecule is CCc1nnc(NC(=O)c2ccc(Cl)c(N)c2)nc1CC. The van der Waals surface area contributed by atoms with E-state index < -0.39 is 0 Å². The molecule has 0 unspecified atom stereocenters. The average Bonchev–Trinajstić information content (AvgIpc) is 2.49. The maximum absolute atomic E-state index is 12.1. The lowest BCUT2D eigenvalue weighted by atomic mass is 10.2. The molecule has 0 aliphatic heterocycles. The zero-order valence-electron chi connectivity index (χ0n) is 11.9. The van der Waals surface area contributed by atoms with Gasteiger partial charge >= 0.3 is 0 Å². The van der Waals surface area contributed by atoms with Crippen LogP contribution in [0.4, 0.5) is 11.6 Å². The molecule has 21 heavy (non-hydrogen) atoms. The fourth-order valence-electron chi connectivity index (χ4n) is 1.85. The molecule has 6 nitrogen and oxygen atoms in total. The van der Waals surface area contributed by atoms with E-state index in [0.29, 0.717) is 16.3 Å². The number of anilines is 2. The normalized spacial score (nSPS) is 10.4. The third kappa shape index (κ3) is 3.46. The van der Waals surface area contributed by atoms with E-state index >= 15 is 0 Å². The molecule has 1 heterocycles. The number of hydrogen-bond acceptors (Lipinski definition) is 5. The number of rotatable bonds is 4. The van der Waals surface area contributed by atoms with Gasteiger partial charge in [0.2, 0.25) is 5.95 Å². The molecule has 0 aliphatic carbocycles. The summed E-state index contributed by atoms with van der Waals surface area (Å²) in [6.45, 7) is 3.97. The molecule has 0 aliphatic rings. The van der Waals surface area contributed by atoms with Gasteiger partial charge in [-0.2, -0.15) is 0 Å². The van der Waals surface area contributed by atoms with Crippen molar-refractivity contribution in [2.24, 2.45) is 0 Å². The Morgan fingerprint density at radius 3 is 2.57 bits per heavy atom. The summed E-state index contributed by atoms with van der Waals surface area (Å²) in [6.07, 6.45) is 1.49. The number of hydrogen-bond donors (Lipinski definition) is 2. The van der Waals surface area contributed by atoms with Crippen molar-refractivity contribution in [3.8, 4) is 0 Å². The highest BCUT2D eigenvalue weighted by molar-refractivity contribution is 6.33. The van der Waals surface area contributed by atoms with Crippen LogP contribution >= 0.6 is 11.6 Å². The number of amides is 1. The molecule has 0 radical (unpaired) electrons. The number of halogens is 1. The number of nitrogens with one attached hydrogen (secondary N) is 1. The quantitative estimate of drug-likeness (QED) is 0.846. The van der Waals surface area contributed by atoms with Crippen molar-refractivity contribution in [2.45, 2.75) is 26.7 Å². The molecule has 0 atom stereocenters. The second-order valence-electron chi connectivity index (χ2n) is 4.43. The highest BCUT2D eigenvalue weighted by atomic mass is 35.5. The number of carbonyl (C=O) groups is 1. The first kappa shape index (κ1) is 15.2. The highest BCUT2D eigenvalue weighted by Gasteiger charge is 2.12. The van der Waals surface area contributed by atoms with E-state index in [4.69, 9.17) is 17.3 Å². The Labute approximate surface area is 127 Å². The van der Waals surface area contributed by atoms with Crippen molar-refractivity contribution in [3.05, 3.63) is 40.2 Å². The van der Waals surface area contributed by atoms with Gasteiger partial charge in [-0.25, -0.2) is 4.98 Å². The summed E-state index contributed by atoms with van der Waals surface area (Å²) in [5.74, 6) is -0.172. The van der Waals surface area contributed by atoms with Crippen LogP contribution in [0.5, 0.6) is 0 Å². The van der Waals surface area contributed by atoms with Crippen LogP contribution in [0.25, 0.3) is 0 Å². The van der Waals surface area contributed by atoms with E-state index in [0.717, 1.165) is 24.2 Å². The van der Waals surface area contributed by atoms with Crippen LogP contribution in [-0.4, -0.2) is 21.1 Å². The van der Waals surface area contributed by atoms with Crippen LogP contribution in [0.15, 0.2) is 18.2 Å². The lowest BCUT2D eigenvalue weighted by Gasteiger charge is -2.07. The summed E-state index contributed by atoms with van der Waals surface area (Å²) >= 11 is 5.83. The van der Waals surface area contributed by atoms with Gasteiger partial charge in [-0.15, -0.1) is 10.2 Å². The minimum atomic E-state index is -0.355. The van der Waals surface area contributed by atoms with Gasteiger partial charge in [-0.3, -0.25) is 10.1 Å². The van der Waals surface area contributed by atoms with E-state index in [1.165, 1.54) is 6.07 Å². The first-order valence-electron chi connectivity index (χ1n) is 6.64. The Morgan fingerprint density at radius 1 is 1.24 bits per heavy atom. The average molecular weight is 306 g/mol. The van der Waals surface area contributed by atoms with Gasteiger partial charge in [0.15, 0.2) is 0 Å². The number of carbonyl (C=O) groups excluding carboxylic acids is 1. The molecule has 0 spiro atoms. The molecule has 0 saturated carbocycles. The number of benzene rings is 1. The molecule has 0 fully saturated rings. The minimum Gasteiger partial charge on any atom is -0.398 e. The molecule has 1 aromatic carbocycles. The Bertz CT molecular complexity index is 674. The lowest BCUT2D eigenvalue weighted by molar-refractivity contribution is 0.102. The number of nitrogens with two attached hydrogens (primary N) is 1. The van der Waals surface area contributed by atoms with Gasteiger partial charge in [-0.05, 0) is 31.0 Å². The van der Waals surface area contributed by atoms with Gasteiger partial charge in [0.25, 0.3) is 5.91 Å². The molecule has 7 heteroatoms. The minimum absolute atomic E-state index is 0.183. The smallest absolute Gasteiger partial charge is 0.258 e. The zero-order valence-corrected chi connectivity index (χ0v) is 12.6. The van der Waals surface area contributed by atoms with Gasteiger partial charge < -0.3 is 5.73 Å². The highest BCUT2D eigenvalue weighted by Crippen LogP contribution is 2.20. The molecular formula is C14H16ClN5O. The van der Waals surface area contributed by atoms with E-state index in [1.54, 1.807) is 12.1 Å². The first-order chi connectivity index (χ1) is 10.0. The molecule has 2 aromatic rings. The van der Waals surface area contributed by atoms with Crippen LogP contribution in [0.3, 0.4) is 0 Å². The van der Waals surface area contributed by atoms with E-state index in [-0.39, 0.29) is 11.9 Å². The van der Waals surface area contributed by atoms with Crippen LogP contribution < -0.4 is 11.1 Å². The molecule has 0 saturated heterocycles. The Balaban J connectivity index is 2.21. The fraction of sp³-hybridized carbons (Fsp3) is 0.286.